The Morgan fingerprint density at radius 2 is 2.09 bits per heavy atom. The number of unbranched alkanes of at least 4 members (excludes halogenated alkanes) is 1. The fourth-order valence-electron chi connectivity index (χ4n) is 0.719. The zero-order valence-corrected chi connectivity index (χ0v) is 7.78. The standard InChI is InChI=1S/C9H18N2/c1-4-9(2,3)11-8-6-5-7-10/h11H,4-6,8H2,1-3H3. The predicted molar refractivity (Wildman–Crippen MR) is 47.2 cm³/mol. The van der Waals surface area contributed by atoms with Crippen LogP contribution < -0.4 is 5.32 Å². The van der Waals surface area contributed by atoms with Gasteiger partial charge >= 0.3 is 0 Å². The molecule has 0 aromatic rings. The van der Waals surface area contributed by atoms with Gasteiger partial charge in [-0.25, -0.2) is 0 Å². The second-order valence-electron chi connectivity index (χ2n) is 3.43. The van der Waals surface area contributed by atoms with Crippen LogP contribution in [0.2, 0.25) is 0 Å². The molecular formula is C9H18N2. The molecule has 0 amide bonds. The average Bonchev–Trinajstić information content (AvgIpc) is 1.99. The van der Waals surface area contributed by atoms with Gasteiger partial charge in [0.15, 0.2) is 0 Å². The smallest absolute Gasteiger partial charge is 0.0622 e. The quantitative estimate of drug-likeness (QED) is 0.615. The van der Waals surface area contributed by atoms with Crippen LogP contribution in [0.4, 0.5) is 0 Å². The van der Waals surface area contributed by atoms with E-state index in [4.69, 9.17) is 5.26 Å². The maximum absolute atomic E-state index is 8.28. The van der Waals surface area contributed by atoms with Crippen molar-refractivity contribution in [2.75, 3.05) is 6.54 Å². The van der Waals surface area contributed by atoms with Crippen LogP contribution >= 0.6 is 0 Å². The monoisotopic (exact) mass is 154 g/mol. The molecule has 1 N–H and O–H groups in total. The molecule has 0 aliphatic rings. The summed E-state index contributed by atoms with van der Waals surface area (Å²) in [5.74, 6) is 0. The first-order chi connectivity index (χ1) is 5.12. The highest BCUT2D eigenvalue weighted by Crippen LogP contribution is 2.06. The number of nitrogens with zero attached hydrogens (tertiary/aromatic N) is 1. The van der Waals surface area contributed by atoms with Gasteiger partial charge in [0.25, 0.3) is 0 Å². The highest BCUT2D eigenvalue weighted by Gasteiger charge is 2.11. The first-order valence-electron chi connectivity index (χ1n) is 4.24. The van der Waals surface area contributed by atoms with Crippen molar-refractivity contribution in [1.29, 1.82) is 5.26 Å². The third-order valence-electron chi connectivity index (χ3n) is 1.95. The lowest BCUT2D eigenvalue weighted by molar-refractivity contribution is 0.375. The summed E-state index contributed by atoms with van der Waals surface area (Å²) >= 11 is 0. The minimum absolute atomic E-state index is 0.232. The molecule has 11 heavy (non-hydrogen) atoms. The van der Waals surface area contributed by atoms with Crippen molar-refractivity contribution in [1.82, 2.24) is 5.32 Å². The Morgan fingerprint density at radius 1 is 1.45 bits per heavy atom. The highest BCUT2D eigenvalue weighted by molar-refractivity contribution is 4.76. The molecule has 0 saturated heterocycles. The Labute approximate surface area is 69.6 Å². The predicted octanol–water partition coefficient (Wildman–Crippen LogP) is 2.07. The van der Waals surface area contributed by atoms with E-state index in [1.807, 2.05) is 0 Å². The number of nitriles is 1. The fourth-order valence-corrected chi connectivity index (χ4v) is 0.719. The Kier molecular flexibility index (Phi) is 4.89. The van der Waals surface area contributed by atoms with Crippen LogP contribution in [-0.2, 0) is 0 Å². The van der Waals surface area contributed by atoms with Crippen molar-refractivity contribution in [2.24, 2.45) is 0 Å². The zero-order valence-electron chi connectivity index (χ0n) is 7.78. The normalized spacial score (nSPS) is 11.1. The van der Waals surface area contributed by atoms with E-state index in [0.29, 0.717) is 6.42 Å². The Morgan fingerprint density at radius 3 is 2.55 bits per heavy atom. The van der Waals surface area contributed by atoms with Crippen molar-refractivity contribution in [3.63, 3.8) is 0 Å². The molecule has 0 atom stereocenters. The van der Waals surface area contributed by atoms with E-state index in [-0.39, 0.29) is 5.54 Å². The van der Waals surface area contributed by atoms with Gasteiger partial charge in [0.2, 0.25) is 0 Å². The van der Waals surface area contributed by atoms with Gasteiger partial charge in [-0.05, 0) is 33.2 Å². The summed E-state index contributed by atoms with van der Waals surface area (Å²) in [5, 5.41) is 11.7. The maximum atomic E-state index is 8.28. The lowest BCUT2D eigenvalue weighted by atomic mass is 10.0. The number of hydrogen-bond donors (Lipinski definition) is 1. The Balaban J connectivity index is 3.32. The SMILES string of the molecule is CCC(C)(C)NCCCC#N. The van der Waals surface area contributed by atoms with Gasteiger partial charge in [-0.15, -0.1) is 0 Å². The molecule has 64 valence electrons. The molecule has 0 rings (SSSR count). The molecule has 0 fully saturated rings. The molecule has 0 aliphatic carbocycles. The summed E-state index contributed by atoms with van der Waals surface area (Å²) in [6, 6.07) is 2.13. The molecule has 0 aromatic heterocycles. The largest absolute Gasteiger partial charge is 0.312 e. The second-order valence-corrected chi connectivity index (χ2v) is 3.43. The summed E-state index contributed by atoms with van der Waals surface area (Å²) in [5.41, 5.74) is 0.232. The third kappa shape index (κ3) is 5.87. The van der Waals surface area contributed by atoms with Crippen molar-refractivity contribution in [2.45, 2.75) is 45.6 Å². The minimum Gasteiger partial charge on any atom is -0.312 e. The molecule has 0 unspecified atom stereocenters. The van der Waals surface area contributed by atoms with E-state index >= 15 is 0 Å². The second kappa shape index (κ2) is 5.15. The highest BCUT2D eigenvalue weighted by atomic mass is 14.9. The topological polar surface area (TPSA) is 35.8 Å². The molecule has 2 heteroatoms. The maximum Gasteiger partial charge on any atom is 0.0622 e. The van der Waals surface area contributed by atoms with Crippen molar-refractivity contribution >= 4 is 0 Å². The third-order valence-corrected chi connectivity index (χ3v) is 1.95. The molecular weight excluding hydrogens is 136 g/mol. The Bertz CT molecular complexity index is 133. The lowest BCUT2D eigenvalue weighted by Crippen LogP contribution is -2.38. The molecule has 0 heterocycles. The van der Waals surface area contributed by atoms with Crippen LogP contribution in [0.15, 0.2) is 0 Å². The van der Waals surface area contributed by atoms with Gasteiger partial charge < -0.3 is 5.32 Å². The van der Waals surface area contributed by atoms with E-state index in [1.165, 1.54) is 0 Å². The average molecular weight is 154 g/mol. The molecule has 0 spiro atoms. The van der Waals surface area contributed by atoms with Gasteiger partial charge in [0, 0.05) is 12.0 Å². The van der Waals surface area contributed by atoms with Gasteiger partial charge in [-0.3, -0.25) is 0 Å². The molecule has 0 bridgehead atoms. The molecule has 0 aliphatic heterocycles. The molecule has 0 saturated carbocycles. The van der Waals surface area contributed by atoms with E-state index in [2.05, 4.69) is 32.2 Å². The van der Waals surface area contributed by atoms with Gasteiger partial charge in [-0.2, -0.15) is 5.26 Å². The molecule has 0 aromatic carbocycles. The van der Waals surface area contributed by atoms with E-state index < -0.39 is 0 Å². The molecule has 2 nitrogen and oxygen atoms in total. The zero-order chi connectivity index (χ0) is 8.74. The number of rotatable bonds is 5. The summed E-state index contributed by atoms with van der Waals surface area (Å²) in [7, 11) is 0. The summed E-state index contributed by atoms with van der Waals surface area (Å²) in [6.07, 6.45) is 2.74. The van der Waals surface area contributed by atoms with Crippen molar-refractivity contribution in [3.8, 4) is 6.07 Å². The number of nitrogens with one attached hydrogen (secondary N) is 1. The van der Waals surface area contributed by atoms with Crippen LogP contribution in [0, 0.1) is 11.3 Å². The van der Waals surface area contributed by atoms with Crippen LogP contribution in [0.25, 0.3) is 0 Å². The lowest BCUT2D eigenvalue weighted by Gasteiger charge is -2.24. The van der Waals surface area contributed by atoms with Crippen LogP contribution in [0.5, 0.6) is 0 Å². The van der Waals surface area contributed by atoms with Crippen LogP contribution in [0.3, 0.4) is 0 Å². The first-order valence-corrected chi connectivity index (χ1v) is 4.24. The number of hydrogen-bond acceptors (Lipinski definition) is 2. The summed E-state index contributed by atoms with van der Waals surface area (Å²) in [6.45, 7) is 7.48. The van der Waals surface area contributed by atoms with E-state index in [9.17, 15) is 0 Å². The van der Waals surface area contributed by atoms with E-state index in [1.54, 1.807) is 0 Å². The van der Waals surface area contributed by atoms with Crippen molar-refractivity contribution < 1.29 is 0 Å². The first kappa shape index (κ1) is 10.4. The van der Waals surface area contributed by atoms with Gasteiger partial charge in [0.1, 0.15) is 0 Å². The van der Waals surface area contributed by atoms with E-state index in [0.717, 1.165) is 19.4 Å². The summed E-state index contributed by atoms with van der Waals surface area (Å²) in [4.78, 5) is 0. The van der Waals surface area contributed by atoms with Gasteiger partial charge in [0.05, 0.1) is 6.07 Å². The van der Waals surface area contributed by atoms with Gasteiger partial charge in [-0.1, -0.05) is 6.92 Å². The van der Waals surface area contributed by atoms with Crippen molar-refractivity contribution in [3.05, 3.63) is 0 Å². The fraction of sp³-hybridized carbons (Fsp3) is 0.889. The minimum atomic E-state index is 0.232. The Hall–Kier alpha value is -0.550. The molecule has 0 radical (unpaired) electrons. The summed E-state index contributed by atoms with van der Waals surface area (Å²) < 4.78 is 0. The van der Waals surface area contributed by atoms with Crippen LogP contribution in [-0.4, -0.2) is 12.1 Å². The van der Waals surface area contributed by atoms with Crippen LogP contribution in [0.1, 0.15) is 40.0 Å².